The van der Waals surface area contributed by atoms with Gasteiger partial charge in [-0.25, -0.2) is 4.68 Å². The lowest BCUT2D eigenvalue weighted by Crippen LogP contribution is -2.37. The monoisotopic (exact) mass is 373 g/mol. The molecule has 5 rings (SSSR count). The number of anilines is 1. The zero-order valence-electron chi connectivity index (χ0n) is 15.2. The highest BCUT2D eigenvalue weighted by atomic mass is 16.4. The summed E-state index contributed by atoms with van der Waals surface area (Å²) in [5, 5.41) is 4.56. The van der Waals surface area contributed by atoms with Crippen molar-refractivity contribution in [2.24, 2.45) is 0 Å². The van der Waals surface area contributed by atoms with Crippen LogP contribution in [0.15, 0.2) is 70.1 Å². The normalized spacial score (nSPS) is 16.7. The van der Waals surface area contributed by atoms with Crippen molar-refractivity contribution in [3.8, 4) is 11.3 Å². The molecule has 4 heterocycles. The minimum absolute atomic E-state index is 0.113. The van der Waals surface area contributed by atoms with Crippen molar-refractivity contribution in [2.45, 2.75) is 25.4 Å². The lowest BCUT2D eigenvalue weighted by Gasteiger charge is -2.23. The van der Waals surface area contributed by atoms with Gasteiger partial charge in [0.15, 0.2) is 5.58 Å². The van der Waals surface area contributed by atoms with Gasteiger partial charge in [0, 0.05) is 30.6 Å². The van der Waals surface area contributed by atoms with Crippen LogP contribution in [-0.2, 0) is 6.54 Å². The fourth-order valence-corrected chi connectivity index (χ4v) is 3.71. The molecule has 0 bridgehead atoms. The maximum atomic E-state index is 12.4. The Kier molecular flexibility index (Phi) is 4.12. The molecule has 1 unspecified atom stereocenters. The zero-order chi connectivity index (χ0) is 18.9. The summed E-state index contributed by atoms with van der Waals surface area (Å²) in [7, 11) is 0. The molecule has 4 aromatic rings. The van der Waals surface area contributed by atoms with Crippen LogP contribution in [0, 0.1) is 0 Å². The van der Waals surface area contributed by atoms with Gasteiger partial charge in [-0.1, -0.05) is 12.1 Å². The first kappa shape index (κ1) is 16.7. The molecule has 7 heteroatoms. The zero-order valence-corrected chi connectivity index (χ0v) is 15.2. The number of fused-ring (bicyclic) bond motifs is 1. The predicted octanol–water partition coefficient (Wildman–Crippen LogP) is 3.12. The third-order valence-corrected chi connectivity index (χ3v) is 5.11. The molecule has 0 saturated carbocycles. The summed E-state index contributed by atoms with van der Waals surface area (Å²) >= 11 is 0. The molecule has 28 heavy (non-hydrogen) atoms. The van der Waals surface area contributed by atoms with Gasteiger partial charge < -0.3 is 9.32 Å². The van der Waals surface area contributed by atoms with Crippen molar-refractivity contribution in [3.05, 3.63) is 71.3 Å². The van der Waals surface area contributed by atoms with E-state index in [1.807, 2.05) is 36.4 Å². The molecule has 7 nitrogen and oxygen atoms in total. The van der Waals surface area contributed by atoms with E-state index >= 15 is 0 Å². The summed E-state index contributed by atoms with van der Waals surface area (Å²) in [6, 6.07) is 15.6. The standard InChI is InChI=1S/C21H19N5O2/c27-20-10-9-17(15-5-3-11-22-13-15)24-26(20)14-16-6-4-12-25(16)21-23-18-7-1-2-8-19(18)28-21/h1-3,5,7-11,13,16H,4,6,12,14H2. The van der Waals surface area contributed by atoms with Crippen molar-refractivity contribution < 1.29 is 4.42 Å². The molecule has 0 radical (unpaired) electrons. The highest BCUT2D eigenvalue weighted by Gasteiger charge is 2.29. The highest BCUT2D eigenvalue weighted by molar-refractivity contribution is 5.74. The van der Waals surface area contributed by atoms with E-state index in [9.17, 15) is 4.79 Å². The van der Waals surface area contributed by atoms with Crippen LogP contribution in [0.25, 0.3) is 22.4 Å². The third kappa shape index (κ3) is 3.05. The predicted molar refractivity (Wildman–Crippen MR) is 106 cm³/mol. The second-order valence-electron chi connectivity index (χ2n) is 6.93. The van der Waals surface area contributed by atoms with Crippen molar-refractivity contribution in [1.29, 1.82) is 0 Å². The minimum atomic E-state index is -0.114. The average Bonchev–Trinajstić information content (AvgIpc) is 3.36. The van der Waals surface area contributed by atoms with Gasteiger partial charge in [0.25, 0.3) is 11.6 Å². The summed E-state index contributed by atoms with van der Waals surface area (Å²) in [4.78, 5) is 23.3. The van der Waals surface area contributed by atoms with Crippen LogP contribution >= 0.6 is 0 Å². The lowest BCUT2D eigenvalue weighted by molar-refractivity contribution is 0.466. The second kappa shape index (κ2) is 6.92. The van der Waals surface area contributed by atoms with Crippen LogP contribution in [0.3, 0.4) is 0 Å². The first-order valence-corrected chi connectivity index (χ1v) is 9.39. The number of benzene rings is 1. The van der Waals surface area contributed by atoms with E-state index in [1.165, 1.54) is 4.68 Å². The molecule has 1 fully saturated rings. The molecule has 1 aliphatic rings. The third-order valence-electron chi connectivity index (χ3n) is 5.11. The second-order valence-corrected chi connectivity index (χ2v) is 6.93. The van der Waals surface area contributed by atoms with Gasteiger partial charge in [0.2, 0.25) is 0 Å². The lowest BCUT2D eigenvalue weighted by atomic mass is 10.2. The Bertz CT molecular complexity index is 1140. The minimum Gasteiger partial charge on any atom is -0.423 e. The molecule has 1 atom stereocenters. The summed E-state index contributed by atoms with van der Waals surface area (Å²) in [6.07, 6.45) is 5.46. The first-order chi connectivity index (χ1) is 13.8. The number of para-hydroxylation sites is 2. The van der Waals surface area contributed by atoms with Crippen molar-refractivity contribution in [3.63, 3.8) is 0 Å². The van der Waals surface area contributed by atoms with E-state index in [2.05, 4.69) is 20.0 Å². The van der Waals surface area contributed by atoms with Gasteiger partial charge in [0.1, 0.15) is 5.52 Å². The molecule has 0 aliphatic carbocycles. The van der Waals surface area contributed by atoms with E-state index in [4.69, 9.17) is 4.42 Å². The average molecular weight is 373 g/mol. The Morgan fingerprint density at radius 2 is 2.04 bits per heavy atom. The summed E-state index contributed by atoms with van der Waals surface area (Å²) in [5.74, 6) is 0. The van der Waals surface area contributed by atoms with Crippen LogP contribution in [-0.4, -0.2) is 32.3 Å². The maximum absolute atomic E-state index is 12.4. The fraction of sp³-hybridized carbons (Fsp3) is 0.238. The largest absolute Gasteiger partial charge is 0.423 e. The van der Waals surface area contributed by atoms with E-state index in [0.29, 0.717) is 12.6 Å². The number of aromatic nitrogens is 4. The number of oxazole rings is 1. The number of nitrogens with zero attached hydrogens (tertiary/aromatic N) is 5. The van der Waals surface area contributed by atoms with Crippen LogP contribution in [0.5, 0.6) is 0 Å². The van der Waals surface area contributed by atoms with Gasteiger partial charge in [0.05, 0.1) is 18.3 Å². The Morgan fingerprint density at radius 3 is 2.89 bits per heavy atom. The summed E-state index contributed by atoms with van der Waals surface area (Å²) in [6.45, 7) is 1.35. The molecular weight excluding hydrogens is 354 g/mol. The molecular formula is C21H19N5O2. The molecule has 1 aromatic carbocycles. The number of pyridine rings is 1. The van der Waals surface area contributed by atoms with Gasteiger partial charge >= 0.3 is 0 Å². The van der Waals surface area contributed by atoms with Gasteiger partial charge in [-0.3, -0.25) is 9.78 Å². The number of rotatable bonds is 4. The van der Waals surface area contributed by atoms with Crippen molar-refractivity contribution in [2.75, 3.05) is 11.4 Å². The smallest absolute Gasteiger partial charge is 0.298 e. The van der Waals surface area contributed by atoms with Crippen molar-refractivity contribution in [1.82, 2.24) is 19.7 Å². The molecule has 0 N–H and O–H groups in total. The van der Waals surface area contributed by atoms with Gasteiger partial charge in [-0.05, 0) is 43.2 Å². The molecule has 0 spiro atoms. The molecule has 1 aliphatic heterocycles. The first-order valence-electron chi connectivity index (χ1n) is 9.39. The van der Waals surface area contributed by atoms with E-state index in [-0.39, 0.29) is 11.6 Å². The Morgan fingerprint density at radius 1 is 1.11 bits per heavy atom. The number of hydrogen-bond acceptors (Lipinski definition) is 6. The fourth-order valence-electron chi connectivity index (χ4n) is 3.71. The molecule has 140 valence electrons. The Balaban J connectivity index is 1.44. The van der Waals surface area contributed by atoms with Crippen LogP contribution < -0.4 is 10.5 Å². The maximum Gasteiger partial charge on any atom is 0.298 e. The SMILES string of the molecule is O=c1ccc(-c2cccnc2)nn1CC1CCCN1c1nc2ccccc2o1. The number of hydrogen-bond donors (Lipinski definition) is 0. The molecule has 1 saturated heterocycles. The summed E-state index contributed by atoms with van der Waals surface area (Å²) in [5.41, 5.74) is 3.13. The molecule has 0 amide bonds. The van der Waals surface area contributed by atoms with Crippen LogP contribution in [0.1, 0.15) is 12.8 Å². The van der Waals surface area contributed by atoms with E-state index in [0.717, 1.165) is 41.7 Å². The summed E-state index contributed by atoms with van der Waals surface area (Å²) < 4.78 is 7.48. The van der Waals surface area contributed by atoms with E-state index in [1.54, 1.807) is 24.5 Å². The van der Waals surface area contributed by atoms with Crippen LogP contribution in [0.2, 0.25) is 0 Å². The Hall–Kier alpha value is -3.48. The van der Waals surface area contributed by atoms with Crippen molar-refractivity contribution >= 4 is 17.1 Å². The van der Waals surface area contributed by atoms with Gasteiger partial charge in [-0.15, -0.1) is 0 Å². The Labute approximate surface area is 161 Å². The van der Waals surface area contributed by atoms with Gasteiger partial charge in [-0.2, -0.15) is 10.1 Å². The molecule has 3 aromatic heterocycles. The quantitative estimate of drug-likeness (QED) is 0.547. The topological polar surface area (TPSA) is 77.1 Å². The van der Waals surface area contributed by atoms with E-state index < -0.39 is 0 Å². The van der Waals surface area contributed by atoms with Crippen LogP contribution in [0.4, 0.5) is 6.01 Å². The highest BCUT2D eigenvalue weighted by Crippen LogP contribution is 2.28.